The van der Waals surface area contributed by atoms with Crippen molar-refractivity contribution in [2.24, 2.45) is 0 Å². The Kier molecular flexibility index (Phi) is 3.18. The first-order valence-electron chi connectivity index (χ1n) is 2.41. The van der Waals surface area contributed by atoms with E-state index in [1.807, 2.05) is 51.2 Å². The number of benzene rings is 1. The molecule has 0 aliphatic rings. The van der Waals surface area contributed by atoms with Crippen LogP contribution < -0.4 is 0 Å². The molecule has 0 amide bonds. The minimum absolute atomic E-state index is 0.209. The Bertz CT molecular complexity index is 239. The molecule has 0 atom stereocenters. The number of hydrogen-bond acceptors (Lipinski definition) is 0. The Balaban J connectivity index is 3.31. The van der Waals surface area contributed by atoms with Crippen molar-refractivity contribution in [3.05, 3.63) is 30.1 Å². The molecular formula is C6H2ClFI2. The maximum absolute atomic E-state index is 12.7. The molecule has 0 saturated carbocycles. The third-order valence-corrected chi connectivity index (χ3v) is 3.13. The first-order chi connectivity index (χ1) is 4.61. The van der Waals surface area contributed by atoms with Crippen molar-refractivity contribution in [3.63, 3.8) is 0 Å². The lowest BCUT2D eigenvalue weighted by Gasteiger charge is -1.97. The molecule has 1 rings (SSSR count). The molecule has 0 nitrogen and oxygen atoms in total. The molecule has 0 aromatic heterocycles. The van der Waals surface area contributed by atoms with Crippen LogP contribution in [0.2, 0.25) is 5.02 Å². The molecule has 0 heterocycles. The van der Waals surface area contributed by atoms with Gasteiger partial charge in [0.15, 0.2) is 0 Å². The third kappa shape index (κ3) is 1.94. The molecule has 1 aromatic rings. The fraction of sp³-hybridized carbons (Fsp3) is 0. The largest absolute Gasteiger partial charge is 0.205 e. The fourth-order valence-corrected chi connectivity index (χ4v) is 2.41. The lowest BCUT2D eigenvalue weighted by Crippen LogP contribution is -1.83. The molecule has 0 aliphatic carbocycles. The molecule has 0 radical (unpaired) electrons. The predicted octanol–water partition coefficient (Wildman–Crippen LogP) is 3.69. The molecule has 0 saturated heterocycles. The summed E-state index contributed by atoms with van der Waals surface area (Å²) in [5.74, 6) is -0.349. The summed E-state index contributed by atoms with van der Waals surface area (Å²) in [7, 11) is 0. The summed E-state index contributed by atoms with van der Waals surface area (Å²) in [6.45, 7) is 0. The van der Waals surface area contributed by atoms with Crippen LogP contribution in [0.1, 0.15) is 0 Å². The van der Waals surface area contributed by atoms with Gasteiger partial charge in [0.1, 0.15) is 5.82 Å². The van der Waals surface area contributed by atoms with Gasteiger partial charge in [-0.3, -0.25) is 0 Å². The van der Waals surface area contributed by atoms with Gasteiger partial charge < -0.3 is 0 Å². The minimum atomic E-state index is -0.349. The van der Waals surface area contributed by atoms with Crippen LogP contribution in [-0.2, 0) is 0 Å². The van der Waals surface area contributed by atoms with Crippen molar-refractivity contribution < 1.29 is 4.39 Å². The van der Waals surface area contributed by atoms with Crippen molar-refractivity contribution in [1.82, 2.24) is 0 Å². The van der Waals surface area contributed by atoms with Crippen molar-refractivity contribution in [3.8, 4) is 0 Å². The van der Waals surface area contributed by atoms with Crippen LogP contribution in [0.15, 0.2) is 12.1 Å². The quantitative estimate of drug-likeness (QED) is 0.365. The topological polar surface area (TPSA) is 0 Å². The molecule has 0 unspecified atom stereocenters. The van der Waals surface area contributed by atoms with E-state index in [1.54, 1.807) is 0 Å². The SMILES string of the molecule is Fc1cc(I)cc(I)c1Cl. The molecule has 0 spiro atoms. The highest BCUT2D eigenvalue weighted by Crippen LogP contribution is 2.23. The summed E-state index contributed by atoms with van der Waals surface area (Å²) >= 11 is 9.61. The van der Waals surface area contributed by atoms with E-state index in [0.29, 0.717) is 0 Å². The van der Waals surface area contributed by atoms with E-state index in [0.717, 1.165) is 7.14 Å². The zero-order valence-electron chi connectivity index (χ0n) is 4.67. The van der Waals surface area contributed by atoms with Crippen LogP contribution >= 0.6 is 56.8 Å². The maximum atomic E-state index is 12.7. The Morgan fingerprint density at radius 2 is 1.90 bits per heavy atom. The highest BCUT2D eigenvalue weighted by atomic mass is 127. The molecule has 54 valence electrons. The third-order valence-electron chi connectivity index (χ3n) is 0.949. The average molecular weight is 382 g/mol. The van der Waals surface area contributed by atoms with Gasteiger partial charge >= 0.3 is 0 Å². The fourth-order valence-electron chi connectivity index (χ4n) is 0.525. The van der Waals surface area contributed by atoms with E-state index in [1.165, 1.54) is 6.07 Å². The first kappa shape index (κ1) is 8.99. The van der Waals surface area contributed by atoms with Crippen LogP contribution in [0, 0.1) is 13.0 Å². The number of hydrogen-bond donors (Lipinski definition) is 0. The molecule has 1 aromatic carbocycles. The smallest absolute Gasteiger partial charge is 0.143 e. The highest BCUT2D eigenvalue weighted by Gasteiger charge is 2.04. The second-order valence-electron chi connectivity index (χ2n) is 1.68. The lowest BCUT2D eigenvalue weighted by molar-refractivity contribution is 0.626. The van der Waals surface area contributed by atoms with Crippen molar-refractivity contribution in [2.75, 3.05) is 0 Å². The summed E-state index contributed by atoms with van der Waals surface area (Å²) < 4.78 is 14.3. The number of rotatable bonds is 0. The standard InChI is InChI=1S/C6H2ClFI2/c7-6-4(8)1-3(9)2-5(6)10/h1-2H. The van der Waals surface area contributed by atoms with Crippen molar-refractivity contribution >= 4 is 56.8 Å². The minimum Gasteiger partial charge on any atom is -0.205 e. The van der Waals surface area contributed by atoms with E-state index in [9.17, 15) is 4.39 Å². The normalized spacial score (nSPS) is 10.0. The van der Waals surface area contributed by atoms with Crippen LogP contribution in [0.4, 0.5) is 4.39 Å². The maximum Gasteiger partial charge on any atom is 0.143 e. The Hall–Kier alpha value is 0.900. The van der Waals surface area contributed by atoms with E-state index in [-0.39, 0.29) is 10.8 Å². The van der Waals surface area contributed by atoms with Gasteiger partial charge in [-0.2, -0.15) is 0 Å². The summed E-state index contributed by atoms with van der Waals surface area (Å²) in [5.41, 5.74) is 0. The van der Waals surface area contributed by atoms with Gasteiger partial charge in [-0.05, 0) is 57.3 Å². The van der Waals surface area contributed by atoms with E-state index < -0.39 is 0 Å². The predicted molar refractivity (Wildman–Crippen MR) is 56.8 cm³/mol. The molecule has 0 bridgehead atoms. The zero-order valence-corrected chi connectivity index (χ0v) is 9.74. The first-order valence-corrected chi connectivity index (χ1v) is 4.95. The Labute approximate surface area is 90.4 Å². The summed E-state index contributed by atoms with van der Waals surface area (Å²) in [6.07, 6.45) is 0. The summed E-state index contributed by atoms with van der Waals surface area (Å²) in [6, 6.07) is 3.23. The van der Waals surface area contributed by atoms with Gasteiger partial charge in [-0.1, -0.05) is 11.6 Å². The van der Waals surface area contributed by atoms with E-state index in [4.69, 9.17) is 11.6 Å². The van der Waals surface area contributed by atoms with Crippen LogP contribution in [0.3, 0.4) is 0 Å². The van der Waals surface area contributed by atoms with Crippen molar-refractivity contribution in [2.45, 2.75) is 0 Å². The highest BCUT2D eigenvalue weighted by molar-refractivity contribution is 14.1. The second kappa shape index (κ2) is 3.53. The molecular weight excluding hydrogens is 380 g/mol. The monoisotopic (exact) mass is 382 g/mol. The molecule has 10 heavy (non-hydrogen) atoms. The summed E-state index contributed by atoms with van der Waals surface area (Å²) in [5, 5.41) is 0.209. The van der Waals surface area contributed by atoms with E-state index >= 15 is 0 Å². The second-order valence-corrected chi connectivity index (χ2v) is 4.47. The lowest BCUT2D eigenvalue weighted by atomic mass is 10.3. The van der Waals surface area contributed by atoms with Gasteiger partial charge in [0.05, 0.1) is 5.02 Å². The average Bonchev–Trinajstić information content (AvgIpc) is 1.82. The van der Waals surface area contributed by atoms with Gasteiger partial charge in [0, 0.05) is 7.14 Å². The molecule has 0 aliphatic heterocycles. The Morgan fingerprint density at radius 3 is 2.40 bits per heavy atom. The molecule has 0 fully saturated rings. The van der Waals surface area contributed by atoms with Crippen LogP contribution in [0.5, 0.6) is 0 Å². The Morgan fingerprint density at radius 1 is 1.30 bits per heavy atom. The van der Waals surface area contributed by atoms with Crippen LogP contribution in [0.25, 0.3) is 0 Å². The van der Waals surface area contributed by atoms with Gasteiger partial charge in [0.2, 0.25) is 0 Å². The van der Waals surface area contributed by atoms with Crippen molar-refractivity contribution in [1.29, 1.82) is 0 Å². The summed E-state index contributed by atoms with van der Waals surface area (Å²) in [4.78, 5) is 0. The zero-order chi connectivity index (χ0) is 7.72. The van der Waals surface area contributed by atoms with E-state index in [2.05, 4.69) is 0 Å². The van der Waals surface area contributed by atoms with Gasteiger partial charge in [0.25, 0.3) is 0 Å². The van der Waals surface area contributed by atoms with Gasteiger partial charge in [-0.25, -0.2) is 4.39 Å². The van der Waals surface area contributed by atoms with Crippen LogP contribution in [-0.4, -0.2) is 0 Å². The number of halogens is 4. The molecule has 4 heteroatoms. The van der Waals surface area contributed by atoms with Gasteiger partial charge in [-0.15, -0.1) is 0 Å². The molecule has 0 N–H and O–H groups in total.